The zero-order valence-electron chi connectivity index (χ0n) is 23.2. The summed E-state index contributed by atoms with van der Waals surface area (Å²) in [4.78, 5) is 70.6. The highest BCUT2D eigenvalue weighted by molar-refractivity contribution is 6.40. The number of halogens is 2. The van der Waals surface area contributed by atoms with E-state index in [0.29, 0.717) is 18.5 Å². The normalized spacial score (nSPS) is 14.6. The molecule has 3 aromatic rings. The maximum atomic E-state index is 13.4. The number of nitrogens with one attached hydrogen (secondary N) is 5. The third kappa shape index (κ3) is 7.90. The number of methoxy groups -OCH3 is 1. The molecule has 14 heteroatoms. The van der Waals surface area contributed by atoms with E-state index in [2.05, 4.69) is 31.2 Å². The summed E-state index contributed by atoms with van der Waals surface area (Å²) in [6.07, 6.45) is 4.11. The van der Waals surface area contributed by atoms with E-state index < -0.39 is 35.2 Å². The molecule has 0 saturated heterocycles. The van der Waals surface area contributed by atoms with Gasteiger partial charge in [0.15, 0.2) is 0 Å². The van der Waals surface area contributed by atoms with Gasteiger partial charge in [-0.2, -0.15) is 0 Å². The Morgan fingerprint density at radius 2 is 1.65 bits per heavy atom. The Hall–Kier alpha value is -4.42. The molecule has 1 aromatic heterocycles. The van der Waals surface area contributed by atoms with Crippen molar-refractivity contribution in [1.82, 2.24) is 20.6 Å². The van der Waals surface area contributed by atoms with Crippen LogP contribution in [0.4, 0.5) is 16.3 Å². The van der Waals surface area contributed by atoms with E-state index in [4.69, 9.17) is 27.9 Å². The van der Waals surface area contributed by atoms with Crippen molar-refractivity contribution in [3.05, 3.63) is 86.4 Å². The highest BCUT2D eigenvalue weighted by atomic mass is 35.5. The third-order valence-corrected chi connectivity index (χ3v) is 7.69. The standard InChI is InChI=1S/C29H30Cl2N6O6/c1-43-25(39)21(15-17-16-32-27(41)36-23(17)35-24(38)22-19(30)11-8-12-20(22)31)34-28(42)37-29(13-6-3-7-14-29)26(40)33-18-9-4-2-5-10-18/h2,4-5,8-12,16,21H,3,6-7,13-15H2,1H3,(H,33,40)(H2,34,37,42)(H2,32,35,36,38,41). The fourth-order valence-corrected chi connectivity index (χ4v) is 5.45. The van der Waals surface area contributed by atoms with Gasteiger partial charge in [-0.05, 0) is 37.1 Å². The average Bonchev–Trinajstić information content (AvgIpc) is 2.98. The molecule has 5 N–H and O–H groups in total. The summed E-state index contributed by atoms with van der Waals surface area (Å²) in [5.74, 6) is -1.97. The minimum absolute atomic E-state index is 0.0250. The van der Waals surface area contributed by atoms with Crippen molar-refractivity contribution in [1.29, 1.82) is 0 Å². The molecule has 226 valence electrons. The lowest BCUT2D eigenvalue weighted by Gasteiger charge is -2.37. The zero-order valence-corrected chi connectivity index (χ0v) is 24.7. The van der Waals surface area contributed by atoms with Crippen LogP contribution in [-0.2, 0) is 20.7 Å². The summed E-state index contributed by atoms with van der Waals surface area (Å²) in [6, 6.07) is 11.4. The minimum Gasteiger partial charge on any atom is -0.467 e. The molecular formula is C29H30Cl2N6O6. The van der Waals surface area contributed by atoms with Crippen molar-refractivity contribution in [2.75, 3.05) is 17.7 Å². The number of carbonyl (C=O) groups is 4. The third-order valence-electron chi connectivity index (χ3n) is 7.06. The predicted octanol–water partition coefficient (Wildman–Crippen LogP) is 4.05. The maximum absolute atomic E-state index is 13.4. The van der Waals surface area contributed by atoms with Gasteiger partial charge in [-0.15, -0.1) is 0 Å². The van der Waals surface area contributed by atoms with Crippen LogP contribution in [-0.4, -0.2) is 52.5 Å². The van der Waals surface area contributed by atoms with Crippen molar-refractivity contribution in [3.8, 4) is 0 Å². The van der Waals surface area contributed by atoms with Crippen LogP contribution in [0.2, 0.25) is 10.0 Å². The van der Waals surface area contributed by atoms with E-state index in [1.54, 1.807) is 30.3 Å². The number of hydrogen-bond donors (Lipinski definition) is 5. The van der Waals surface area contributed by atoms with Crippen LogP contribution >= 0.6 is 23.2 Å². The molecule has 1 aliphatic rings. The number of aromatic nitrogens is 2. The molecule has 0 bridgehead atoms. The van der Waals surface area contributed by atoms with Crippen LogP contribution in [0.1, 0.15) is 48.0 Å². The second kappa shape index (κ2) is 14.2. The fourth-order valence-electron chi connectivity index (χ4n) is 4.88. The number of hydrogen-bond acceptors (Lipinski definition) is 7. The van der Waals surface area contributed by atoms with Crippen LogP contribution in [0.3, 0.4) is 0 Å². The van der Waals surface area contributed by atoms with Crippen LogP contribution in [0.5, 0.6) is 0 Å². The molecule has 1 fully saturated rings. The van der Waals surface area contributed by atoms with E-state index in [-0.39, 0.29) is 39.3 Å². The molecule has 4 amide bonds. The van der Waals surface area contributed by atoms with Gasteiger partial charge < -0.3 is 26.0 Å². The molecule has 0 spiro atoms. The number of esters is 1. The molecule has 2 aromatic carbocycles. The smallest absolute Gasteiger partial charge is 0.346 e. The van der Waals surface area contributed by atoms with Gasteiger partial charge in [-0.1, -0.05) is 66.7 Å². The number of ether oxygens (including phenoxy) is 1. The Morgan fingerprint density at radius 3 is 2.30 bits per heavy atom. The van der Waals surface area contributed by atoms with Gasteiger partial charge in [0.2, 0.25) is 5.91 Å². The zero-order chi connectivity index (χ0) is 31.0. The molecule has 4 rings (SSSR count). The Kier molecular flexibility index (Phi) is 10.4. The number of para-hydroxylation sites is 1. The number of aromatic amines is 1. The first-order valence-electron chi connectivity index (χ1n) is 13.5. The van der Waals surface area contributed by atoms with E-state index in [9.17, 15) is 24.0 Å². The summed E-state index contributed by atoms with van der Waals surface area (Å²) in [5, 5.41) is 10.9. The maximum Gasteiger partial charge on any atom is 0.346 e. The number of anilines is 2. The number of urea groups is 1. The fraction of sp³-hybridized carbons (Fsp3) is 0.310. The molecule has 1 aliphatic carbocycles. The summed E-state index contributed by atoms with van der Waals surface area (Å²) in [7, 11) is 1.15. The average molecular weight is 630 g/mol. The molecule has 0 radical (unpaired) electrons. The van der Waals surface area contributed by atoms with Crippen molar-refractivity contribution in [2.45, 2.75) is 50.1 Å². The van der Waals surface area contributed by atoms with E-state index in [1.807, 2.05) is 6.07 Å². The van der Waals surface area contributed by atoms with Gasteiger partial charge in [0.1, 0.15) is 17.4 Å². The topological polar surface area (TPSA) is 171 Å². The highest BCUT2D eigenvalue weighted by Gasteiger charge is 2.41. The largest absolute Gasteiger partial charge is 0.467 e. The van der Waals surface area contributed by atoms with Gasteiger partial charge >= 0.3 is 17.7 Å². The first kappa shape index (κ1) is 31.5. The first-order valence-corrected chi connectivity index (χ1v) is 14.2. The monoisotopic (exact) mass is 628 g/mol. The Morgan fingerprint density at radius 1 is 0.977 bits per heavy atom. The van der Waals surface area contributed by atoms with Crippen molar-refractivity contribution in [2.24, 2.45) is 0 Å². The lowest BCUT2D eigenvalue weighted by atomic mass is 9.81. The van der Waals surface area contributed by atoms with Gasteiger partial charge in [-0.3, -0.25) is 14.6 Å². The number of amides is 4. The Bertz CT molecular complexity index is 1540. The SMILES string of the molecule is COC(=O)C(Cc1cnc(=O)[nH]c1NC(=O)c1c(Cl)cccc1Cl)NC(=O)NC1(C(=O)Nc2ccccc2)CCCCC1. The molecule has 1 atom stereocenters. The Labute approximate surface area is 256 Å². The summed E-state index contributed by atoms with van der Waals surface area (Å²) < 4.78 is 4.90. The predicted molar refractivity (Wildman–Crippen MR) is 161 cm³/mol. The summed E-state index contributed by atoms with van der Waals surface area (Å²) >= 11 is 12.3. The number of carbonyl (C=O) groups excluding carboxylic acids is 4. The summed E-state index contributed by atoms with van der Waals surface area (Å²) in [6.45, 7) is 0. The molecular weight excluding hydrogens is 599 g/mol. The number of nitrogens with zero attached hydrogens (tertiary/aromatic N) is 1. The van der Waals surface area contributed by atoms with Crippen LogP contribution in [0, 0.1) is 0 Å². The molecule has 1 heterocycles. The molecule has 0 aliphatic heterocycles. The van der Waals surface area contributed by atoms with E-state index in [1.165, 1.54) is 12.1 Å². The molecule has 12 nitrogen and oxygen atoms in total. The quantitative estimate of drug-likeness (QED) is 0.222. The summed E-state index contributed by atoms with van der Waals surface area (Å²) in [5.41, 5.74) is -1.21. The first-order chi connectivity index (χ1) is 20.6. The van der Waals surface area contributed by atoms with Gasteiger partial charge in [0.05, 0.1) is 22.7 Å². The van der Waals surface area contributed by atoms with Crippen LogP contribution < -0.4 is 27.0 Å². The molecule has 1 saturated carbocycles. The lowest BCUT2D eigenvalue weighted by molar-refractivity contribution is -0.142. The van der Waals surface area contributed by atoms with E-state index in [0.717, 1.165) is 32.6 Å². The highest BCUT2D eigenvalue weighted by Crippen LogP contribution is 2.30. The van der Waals surface area contributed by atoms with E-state index >= 15 is 0 Å². The van der Waals surface area contributed by atoms with Gasteiger partial charge in [-0.25, -0.2) is 19.4 Å². The van der Waals surface area contributed by atoms with Crippen molar-refractivity contribution >= 4 is 58.5 Å². The van der Waals surface area contributed by atoms with Gasteiger partial charge in [0, 0.05) is 23.9 Å². The van der Waals surface area contributed by atoms with Crippen molar-refractivity contribution in [3.63, 3.8) is 0 Å². The second-order valence-corrected chi connectivity index (χ2v) is 10.8. The minimum atomic E-state index is -1.28. The van der Waals surface area contributed by atoms with Crippen LogP contribution in [0.15, 0.2) is 59.5 Å². The molecule has 1 unspecified atom stereocenters. The number of rotatable bonds is 9. The lowest BCUT2D eigenvalue weighted by Crippen LogP contribution is -2.61. The van der Waals surface area contributed by atoms with Crippen LogP contribution in [0.25, 0.3) is 0 Å². The number of H-pyrrole nitrogens is 1. The Balaban J connectivity index is 1.53. The second-order valence-electron chi connectivity index (χ2n) is 9.98. The number of benzene rings is 2. The van der Waals surface area contributed by atoms with Crippen molar-refractivity contribution < 1.29 is 23.9 Å². The molecule has 43 heavy (non-hydrogen) atoms. The van der Waals surface area contributed by atoms with Gasteiger partial charge in [0.25, 0.3) is 5.91 Å².